The quantitative estimate of drug-likeness (QED) is 0.718. The van der Waals surface area contributed by atoms with Crippen LogP contribution in [0.25, 0.3) is 22.6 Å². The molecule has 0 fully saturated rings. The number of allylic oxidation sites excluding steroid dienone is 1. The fourth-order valence-electron chi connectivity index (χ4n) is 3.33. The zero-order chi connectivity index (χ0) is 19.0. The molecule has 0 radical (unpaired) electrons. The van der Waals surface area contributed by atoms with Gasteiger partial charge < -0.3 is 14.9 Å². The number of hydrogen-bond donors (Lipinski definition) is 1. The van der Waals surface area contributed by atoms with Crippen LogP contribution in [0.4, 0.5) is 0 Å². The Morgan fingerprint density at radius 3 is 2.78 bits per heavy atom. The van der Waals surface area contributed by atoms with Crippen LogP contribution in [-0.4, -0.2) is 23.0 Å². The molecule has 1 unspecified atom stereocenters. The molecule has 1 aromatic carbocycles. The van der Waals surface area contributed by atoms with Gasteiger partial charge >= 0.3 is 5.97 Å². The molecule has 1 amide bonds. The van der Waals surface area contributed by atoms with E-state index in [1.54, 1.807) is 6.26 Å². The number of fused-ring (bicyclic) bond motifs is 2. The average Bonchev–Trinajstić information content (AvgIpc) is 3.30. The SMILES string of the molecule is CC(OC(=O)c1c2c(nc3ccccc13)/C(=C/c1ccco1)CC2)C(N)=O. The number of esters is 1. The molecule has 136 valence electrons. The third kappa shape index (κ3) is 3.10. The smallest absolute Gasteiger partial charge is 0.339 e. The van der Waals surface area contributed by atoms with E-state index < -0.39 is 18.0 Å². The Morgan fingerprint density at radius 1 is 1.22 bits per heavy atom. The summed E-state index contributed by atoms with van der Waals surface area (Å²) in [5.41, 5.74) is 8.98. The number of benzene rings is 1. The summed E-state index contributed by atoms with van der Waals surface area (Å²) in [6, 6.07) is 11.1. The standard InChI is InChI=1S/C21H18N2O4/c1-12(20(22)24)27-21(25)18-15-6-2-3-7-17(15)23-19-13(8-9-16(18)19)11-14-5-4-10-26-14/h2-7,10-12H,8-9H2,1H3,(H2,22,24)/b13-11+. The van der Waals surface area contributed by atoms with Gasteiger partial charge in [0.25, 0.3) is 5.91 Å². The van der Waals surface area contributed by atoms with E-state index in [0.29, 0.717) is 22.9 Å². The van der Waals surface area contributed by atoms with Crippen LogP contribution in [0.15, 0.2) is 47.1 Å². The highest BCUT2D eigenvalue weighted by Crippen LogP contribution is 2.37. The molecular formula is C21H18N2O4. The van der Waals surface area contributed by atoms with Crippen molar-refractivity contribution in [3.05, 3.63) is 65.2 Å². The largest absolute Gasteiger partial charge is 0.465 e. The molecule has 4 rings (SSSR count). The molecule has 2 aromatic heterocycles. The zero-order valence-electron chi connectivity index (χ0n) is 14.8. The lowest BCUT2D eigenvalue weighted by molar-refractivity contribution is -0.125. The fraction of sp³-hybridized carbons (Fsp3) is 0.190. The molecule has 27 heavy (non-hydrogen) atoms. The molecule has 3 aromatic rings. The first kappa shape index (κ1) is 17.0. The van der Waals surface area contributed by atoms with Crippen molar-refractivity contribution < 1.29 is 18.7 Å². The van der Waals surface area contributed by atoms with Gasteiger partial charge in [-0.15, -0.1) is 0 Å². The van der Waals surface area contributed by atoms with Gasteiger partial charge in [-0.25, -0.2) is 9.78 Å². The number of nitrogens with zero attached hydrogens (tertiary/aromatic N) is 1. The van der Waals surface area contributed by atoms with Crippen LogP contribution < -0.4 is 5.73 Å². The number of furan rings is 1. The highest BCUT2D eigenvalue weighted by molar-refractivity contribution is 6.07. The molecule has 6 heteroatoms. The minimum Gasteiger partial charge on any atom is -0.465 e. The highest BCUT2D eigenvalue weighted by Gasteiger charge is 2.29. The number of hydrogen-bond acceptors (Lipinski definition) is 5. The van der Waals surface area contributed by atoms with Gasteiger partial charge in [-0.2, -0.15) is 0 Å². The van der Waals surface area contributed by atoms with Crippen molar-refractivity contribution in [2.45, 2.75) is 25.9 Å². The predicted molar refractivity (Wildman–Crippen MR) is 101 cm³/mol. The first-order valence-electron chi connectivity index (χ1n) is 8.71. The second kappa shape index (κ2) is 6.72. The van der Waals surface area contributed by atoms with Gasteiger partial charge in [-0.05, 0) is 55.2 Å². The van der Waals surface area contributed by atoms with Crippen molar-refractivity contribution in [1.29, 1.82) is 0 Å². The monoisotopic (exact) mass is 362 g/mol. The number of primary amides is 1. The lowest BCUT2D eigenvalue weighted by atomic mass is 10.0. The number of amides is 1. The van der Waals surface area contributed by atoms with Gasteiger partial charge in [0.1, 0.15) is 5.76 Å². The van der Waals surface area contributed by atoms with E-state index in [9.17, 15) is 9.59 Å². The number of carbonyl (C=O) groups is 2. The molecule has 1 aliphatic rings. The van der Waals surface area contributed by atoms with Gasteiger partial charge in [0.05, 0.1) is 23.0 Å². The van der Waals surface area contributed by atoms with Crippen LogP contribution >= 0.6 is 0 Å². The third-order valence-corrected chi connectivity index (χ3v) is 4.69. The van der Waals surface area contributed by atoms with E-state index in [1.165, 1.54) is 6.92 Å². The predicted octanol–water partition coefficient (Wildman–Crippen LogP) is 3.35. The average molecular weight is 362 g/mol. The van der Waals surface area contributed by atoms with Crippen molar-refractivity contribution in [2.75, 3.05) is 0 Å². The summed E-state index contributed by atoms with van der Waals surface area (Å²) in [5, 5.41) is 0.706. The summed E-state index contributed by atoms with van der Waals surface area (Å²) < 4.78 is 10.7. The summed E-state index contributed by atoms with van der Waals surface area (Å²) in [7, 11) is 0. The van der Waals surface area contributed by atoms with Crippen LogP contribution in [0.1, 0.15) is 40.7 Å². The van der Waals surface area contributed by atoms with E-state index >= 15 is 0 Å². The Hall–Kier alpha value is -3.41. The molecule has 2 N–H and O–H groups in total. The Kier molecular flexibility index (Phi) is 4.24. The summed E-state index contributed by atoms with van der Waals surface area (Å²) in [6.07, 6.45) is 3.96. The summed E-state index contributed by atoms with van der Waals surface area (Å²) in [5.74, 6) is -0.508. The van der Waals surface area contributed by atoms with E-state index in [1.807, 2.05) is 42.5 Å². The van der Waals surface area contributed by atoms with Gasteiger partial charge in [-0.3, -0.25) is 4.79 Å². The minimum atomic E-state index is -1.00. The van der Waals surface area contributed by atoms with Gasteiger partial charge in [-0.1, -0.05) is 18.2 Å². The first-order valence-corrected chi connectivity index (χ1v) is 8.71. The number of aromatic nitrogens is 1. The van der Waals surface area contributed by atoms with Crippen LogP contribution in [0.2, 0.25) is 0 Å². The molecule has 0 spiro atoms. The third-order valence-electron chi connectivity index (χ3n) is 4.69. The number of carbonyl (C=O) groups excluding carboxylic acids is 2. The van der Waals surface area contributed by atoms with Crippen LogP contribution in [0, 0.1) is 0 Å². The Labute approximate surface area is 155 Å². The molecule has 0 saturated heterocycles. The topological polar surface area (TPSA) is 95.4 Å². The number of pyridine rings is 1. The lowest BCUT2D eigenvalue weighted by Gasteiger charge is -2.14. The fourth-order valence-corrected chi connectivity index (χ4v) is 3.33. The second-order valence-electron chi connectivity index (χ2n) is 6.47. The summed E-state index contributed by atoms with van der Waals surface area (Å²) in [6.45, 7) is 1.46. The maximum atomic E-state index is 12.9. The van der Waals surface area contributed by atoms with Crippen molar-refractivity contribution in [3.63, 3.8) is 0 Å². The minimum absolute atomic E-state index is 0.451. The van der Waals surface area contributed by atoms with E-state index in [2.05, 4.69) is 0 Å². The summed E-state index contributed by atoms with van der Waals surface area (Å²) >= 11 is 0. The van der Waals surface area contributed by atoms with Gasteiger partial charge in [0.15, 0.2) is 6.10 Å². The molecule has 6 nitrogen and oxygen atoms in total. The van der Waals surface area contributed by atoms with Crippen molar-refractivity contribution >= 4 is 34.4 Å². The van der Waals surface area contributed by atoms with Crippen LogP contribution in [0.3, 0.4) is 0 Å². The Bertz CT molecular complexity index is 1070. The number of nitrogens with two attached hydrogens (primary N) is 1. The maximum absolute atomic E-state index is 12.9. The van der Waals surface area contributed by atoms with Crippen molar-refractivity contribution in [2.24, 2.45) is 5.73 Å². The highest BCUT2D eigenvalue weighted by atomic mass is 16.5. The number of ether oxygens (including phenoxy) is 1. The van der Waals surface area contributed by atoms with Crippen molar-refractivity contribution in [1.82, 2.24) is 4.98 Å². The molecular weight excluding hydrogens is 344 g/mol. The number of para-hydroxylation sites is 1. The normalized spacial score (nSPS) is 15.7. The Morgan fingerprint density at radius 2 is 2.04 bits per heavy atom. The maximum Gasteiger partial charge on any atom is 0.339 e. The Balaban J connectivity index is 1.86. The molecule has 1 atom stereocenters. The molecule has 0 aliphatic heterocycles. The first-order chi connectivity index (χ1) is 13.0. The second-order valence-corrected chi connectivity index (χ2v) is 6.47. The van der Waals surface area contributed by atoms with Crippen LogP contribution in [0.5, 0.6) is 0 Å². The molecule has 2 heterocycles. The van der Waals surface area contributed by atoms with Gasteiger partial charge in [0.2, 0.25) is 0 Å². The van der Waals surface area contributed by atoms with E-state index in [-0.39, 0.29) is 0 Å². The lowest BCUT2D eigenvalue weighted by Crippen LogP contribution is -2.30. The molecule has 1 aliphatic carbocycles. The molecule has 0 bridgehead atoms. The van der Waals surface area contributed by atoms with Crippen LogP contribution in [-0.2, 0) is 16.0 Å². The number of rotatable bonds is 4. The zero-order valence-corrected chi connectivity index (χ0v) is 14.8. The van der Waals surface area contributed by atoms with E-state index in [4.69, 9.17) is 19.9 Å². The van der Waals surface area contributed by atoms with E-state index in [0.717, 1.165) is 29.0 Å². The van der Waals surface area contributed by atoms with Gasteiger partial charge in [0, 0.05) is 5.39 Å². The van der Waals surface area contributed by atoms with Crippen molar-refractivity contribution in [3.8, 4) is 0 Å². The summed E-state index contributed by atoms with van der Waals surface area (Å²) in [4.78, 5) is 28.9. The molecule has 0 saturated carbocycles.